The molecular formula is C83H88O17. The maximum Gasteiger partial charge on any atom is 0.303 e. The molecule has 0 spiro atoms. The van der Waals surface area contributed by atoms with Crippen LogP contribution in [-0.4, -0.2) is 123 Å². The van der Waals surface area contributed by atoms with Crippen molar-refractivity contribution in [3.63, 3.8) is 0 Å². The van der Waals surface area contributed by atoms with Gasteiger partial charge in [0.25, 0.3) is 0 Å². The van der Waals surface area contributed by atoms with Gasteiger partial charge in [0.2, 0.25) is 0 Å². The van der Waals surface area contributed by atoms with Crippen molar-refractivity contribution in [1.82, 2.24) is 0 Å². The van der Waals surface area contributed by atoms with Crippen LogP contribution in [0, 0.1) is 0 Å². The van der Waals surface area contributed by atoms with E-state index in [0.717, 1.165) is 50.1 Å². The maximum absolute atomic E-state index is 14.0. The molecule has 9 aromatic carbocycles. The minimum atomic E-state index is -1.71. The van der Waals surface area contributed by atoms with Crippen LogP contribution >= 0.6 is 0 Å². The highest BCUT2D eigenvalue weighted by atomic mass is 16.8. The van der Waals surface area contributed by atoms with E-state index in [1.165, 1.54) is 6.92 Å². The van der Waals surface area contributed by atoms with Crippen molar-refractivity contribution in [2.24, 2.45) is 0 Å². The van der Waals surface area contributed by atoms with E-state index in [2.05, 4.69) is 0 Å². The van der Waals surface area contributed by atoms with Crippen LogP contribution in [-0.2, 0) is 135 Å². The topological polar surface area (TPSA) is 176 Å². The summed E-state index contributed by atoms with van der Waals surface area (Å²) >= 11 is 0. The predicted octanol–water partition coefficient (Wildman–Crippen LogP) is 13.0. The zero-order chi connectivity index (χ0) is 68.3. The molecule has 0 unspecified atom stereocenters. The van der Waals surface area contributed by atoms with Crippen LogP contribution in [0.2, 0.25) is 0 Å². The molecule has 0 bridgehead atoms. The molecule has 0 aromatic heterocycles. The second kappa shape index (κ2) is 38.0. The summed E-state index contributed by atoms with van der Waals surface area (Å²) < 4.78 is 105. The predicted molar refractivity (Wildman–Crippen MR) is 372 cm³/mol. The Morgan fingerprint density at radius 3 is 0.780 bits per heavy atom. The fourth-order valence-corrected chi connectivity index (χ4v) is 12.6. The van der Waals surface area contributed by atoms with Crippen molar-refractivity contribution < 1.29 is 81.0 Å². The lowest BCUT2D eigenvalue weighted by molar-refractivity contribution is -0.402. The van der Waals surface area contributed by atoms with Crippen molar-refractivity contribution in [2.45, 2.75) is 159 Å². The van der Waals surface area contributed by atoms with Gasteiger partial charge in [-0.1, -0.05) is 273 Å². The first kappa shape index (κ1) is 71.7. The van der Waals surface area contributed by atoms with E-state index in [9.17, 15) is 9.90 Å². The summed E-state index contributed by atoms with van der Waals surface area (Å²) in [6.07, 6.45) is -18.0. The molecule has 3 aliphatic rings. The average Bonchev–Trinajstić information content (AvgIpc) is 0.761. The molecule has 17 nitrogen and oxygen atoms in total. The molecule has 100 heavy (non-hydrogen) atoms. The quantitative estimate of drug-likeness (QED) is 0.0371. The second-order valence-corrected chi connectivity index (χ2v) is 25.0. The van der Waals surface area contributed by atoms with Crippen molar-refractivity contribution in [2.75, 3.05) is 19.8 Å². The molecule has 522 valence electrons. The van der Waals surface area contributed by atoms with Gasteiger partial charge in [-0.2, -0.15) is 0 Å². The standard InChI is InChI=1S/C83H88O17/c1-59(84)95-79-76(93-54-67-43-25-9-26-44-67)73(90-51-64-37-19-6-20-38-64)70(57-87-48-61-31-13-3-14-32-61)97-82(79)100-80-77(94-55-68-45-27-10-28-46-68)74(91-52-65-39-21-7-22-40-65)71(58-88-49-62-33-15-4-16-34-62)98-83(80)99-78-75(92-53-66-41-23-8-24-42-66)72(89-50-63-35-17-5-18-36-63)69(96-81(78)85)56-86-47-60-29-11-2-12-30-60/h2-46,69-83,85H,47-58H2,1H3/t69-,70-,71-,72-,73-,74-,75+,76+,77+,78+,79+,80+,81-,82+,83+/m1/s1. The van der Waals surface area contributed by atoms with Crippen molar-refractivity contribution >= 4 is 5.97 Å². The van der Waals surface area contributed by atoms with E-state index in [0.29, 0.717) is 0 Å². The fraction of sp³-hybridized carbons (Fsp3) is 0.337. The lowest BCUT2D eigenvalue weighted by Crippen LogP contribution is -2.68. The maximum atomic E-state index is 14.0. The molecule has 15 atom stereocenters. The van der Waals surface area contributed by atoms with E-state index in [4.69, 9.17) is 71.1 Å². The summed E-state index contributed by atoms with van der Waals surface area (Å²) in [5.41, 5.74) is 7.99. The summed E-state index contributed by atoms with van der Waals surface area (Å²) in [6, 6.07) is 88.0. The number of aliphatic hydroxyl groups is 1. The van der Waals surface area contributed by atoms with Gasteiger partial charge in [-0.3, -0.25) is 4.79 Å². The molecule has 12 rings (SSSR count). The fourth-order valence-electron chi connectivity index (χ4n) is 12.6. The first-order valence-corrected chi connectivity index (χ1v) is 34.2. The molecule has 0 amide bonds. The lowest BCUT2D eigenvalue weighted by Gasteiger charge is -2.51. The van der Waals surface area contributed by atoms with Crippen LogP contribution in [0.3, 0.4) is 0 Å². The highest BCUT2D eigenvalue weighted by molar-refractivity contribution is 5.66. The molecule has 3 saturated heterocycles. The Morgan fingerprint density at radius 1 is 0.280 bits per heavy atom. The zero-order valence-electron chi connectivity index (χ0n) is 56.1. The smallest absolute Gasteiger partial charge is 0.303 e. The zero-order valence-corrected chi connectivity index (χ0v) is 56.1. The molecule has 0 radical (unpaired) electrons. The summed E-state index contributed by atoms with van der Waals surface area (Å²) in [5, 5.41) is 12.9. The third-order valence-corrected chi connectivity index (χ3v) is 17.6. The van der Waals surface area contributed by atoms with E-state index in [1.807, 2.05) is 273 Å². The Bertz CT molecular complexity index is 3730. The summed E-state index contributed by atoms with van der Waals surface area (Å²) in [6.45, 7) is 2.55. The Labute approximate surface area is 585 Å². The van der Waals surface area contributed by atoms with Crippen LogP contribution < -0.4 is 0 Å². The van der Waals surface area contributed by atoms with Gasteiger partial charge in [0.15, 0.2) is 25.0 Å². The van der Waals surface area contributed by atoms with E-state index < -0.39 is 98.1 Å². The first-order chi connectivity index (χ1) is 49.3. The van der Waals surface area contributed by atoms with Crippen molar-refractivity contribution in [3.05, 3.63) is 323 Å². The summed E-state index contributed by atoms with van der Waals surface area (Å²) in [7, 11) is 0. The van der Waals surface area contributed by atoms with Gasteiger partial charge in [0, 0.05) is 6.92 Å². The van der Waals surface area contributed by atoms with Gasteiger partial charge in [-0.05, 0) is 50.1 Å². The number of ether oxygens (including phenoxy) is 15. The number of carbonyl (C=O) groups excluding carboxylic acids is 1. The Hall–Kier alpha value is -8.15. The Morgan fingerprint density at radius 2 is 0.500 bits per heavy atom. The van der Waals surface area contributed by atoms with Gasteiger partial charge in [0.05, 0.1) is 79.3 Å². The van der Waals surface area contributed by atoms with Crippen molar-refractivity contribution in [3.8, 4) is 0 Å². The number of aliphatic hydroxyl groups excluding tert-OH is 1. The summed E-state index contributed by atoms with van der Waals surface area (Å²) in [4.78, 5) is 14.0. The highest BCUT2D eigenvalue weighted by Crippen LogP contribution is 2.40. The molecule has 9 aromatic rings. The van der Waals surface area contributed by atoms with Gasteiger partial charge < -0.3 is 76.2 Å². The van der Waals surface area contributed by atoms with Gasteiger partial charge in [-0.25, -0.2) is 0 Å². The average molecular weight is 1360 g/mol. The SMILES string of the molecule is CC(=O)O[C@@H]1[C@H](O[C@@H]2[C@H](O[C@H]3[C@@H](OCc4ccccc4)[C@H](OCc4ccccc4)[C@@H](COCc4ccccc4)O[C@H]3O)O[C@H](COCc3ccccc3)[C@@H](OCc3ccccc3)[C@@H]2OCc2ccccc2)O[C@H](COCc2ccccc2)[C@@H](OCc2ccccc2)[C@@H]1OCc1ccccc1. The van der Waals surface area contributed by atoms with Gasteiger partial charge >= 0.3 is 5.97 Å². The van der Waals surface area contributed by atoms with Gasteiger partial charge in [0.1, 0.15) is 67.1 Å². The molecule has 0 saturated carbocycles. The number of benzene rings is 9. The molecule has 1 N–H and O–H groups in total. The number of rotatable bonds is 35. The lowest BCUT2D eigenvalue weighted by atomic mass is 9.95. The number of hydrogen-bond donors (Lipinski definition) is 1. The van der Waals surface area contributed by atoms with E-state index in [1.54, 1.807) is 0 Å². The molecule has 3 aliphatic heterocycles. The van der Waals surface area contributed by atoms with Crippen LogP contribution in [0.15, 0.2) is 273 Å². The molecule has 0 aliphatic carbocycles. The number of carbonyl (C=O) groups is 1. The minimum Gasteiger partial charge on any atom is -0.454 e. The normalized spacial score (nSPS) is 25.2. The monoisotopic (exact) mass is 1360 g/mol. The molecular weight excluding hydrogens is 1270 g/mol. The van der Waals surface area contributed by atoms with Crippen LogP contribution in [0.1, 0.15) is 57.0 Å². The van der Waals surface area contributed by atoms with E-state index >= 15 is 0 Å². The number of hydrogen-bond acceptors (Lipinski definition) is 17. The van der Waals surface area contributed by atoms with Crippen molar-refractivity contribution in [1.29, 1.82) is 0 Å². The van der Waals surface area contributed by atoms with Crippen LogP contribution in [0.5, 0.6) is 0 Å². The minimum absolute atomic E-state index is 0.00199. The van der Waals surface area contributed by atoms with Gasteiger partial charge in [-0.15, -0.1) is 0 Å². The molecule has 3 heterocycles. The molecule has 17 heteroatoms. The Balaban J connectivity index is 0.975. The van der Waals surface area contributed by atoms with Crippen LogP contribution in [0.25, 0.3) is 0 Å². The molecule has 3 fully saturated rings. The number of esters is 1. The first-order valence-electron chi connectivity index (χ1n) is 34.2. The third kappa shape index (κ3) is 21.0. The summed E-state index contributed by atoms with van der Waals surface area (Å²) in [5.74, 6) is -0.648. The Kier molecular flexibility index (Phi) is 27.3. The van der Waals surface area contributed by atoms with Crippen LogP contribution in [0.4, 0.5) is 0 Å². The van der Waals surface area contributed by atoms with E-state index in [-0.39, 0.29) is 79.3 Å². The largest absolute Gasteiger partial charge is 0.454 e. The highest BCUT2D eigenvalue weighted by Gasteiger charge is 2.58. The third-order valence-electron chi connectivity index (χ3n) is 17.6. The second-order valence-electron chi connectivity index (χ2n) is 25.0.